The van der Waals surface area contributed by atoms with Crippen LogP contribution in [0.25, 0.3) is 0 Å². The molecule has 0 aliphatic carbocycles. The first-order chi connectivity index (χ1) is 12.9. The summed E-state index contributed by atoms with van der Waals surface area (Å²) in [5.74, 6) is 5.86. The van der Waals surface area contributed by atoms with Crippen LogP contribution in [-0.4, -0.2) is 28.7 Å². The van der Waals surface area contributed by atoms with E-state index in [9.17, 15) is 9.90 Å². The van der Waals surface area contributed by atoms with Crippen LogP contribution < -0.4 is 5.84 Å². The SMILES string of the molecule is CC1CCN(N)C(C)C=C1OC(=O)C(O)(c1ccccc1)c1ccccc1. The highest BCUT2D eigenvalue weighted by molar-refractivity contribution is 5.86. The summed E-state index contributed by atoms with van der Waals surface area (Å²) in [6, 6.07) is 17.7. The standard InChI is InChI=1S/C22H26N2O3/c1-16-13-14-24(23)17(2)15-20(16)27-21(25)22(26,18-9-5-3-6-10-18)19-11-7-4-8-12-19/h3-12,15-17,26H,13-14,23H2,1-2H3. The van der Waals surface area contributed by atoms with Crippen LogP contribution in [0.4, 0.5) is 0 Å². The van der Waals surface area contributed by atoms with Gasteiger partial charge in [0.1, 0.15) is 5.76 Å². The molecule has 2 aromatic carbocycles. The second-order valence-electron chi connectivity index (χ2n) is 7.07. The molecule has 1 aliphatic heterocycles. The molecule has 0 saturated heterocycles. The van der Waals surface area contributed by atoms with Crippen LogP contribution >= 0.6 is 0 Å². The van der Waals surface area contributed by atoms with Crippen molar-refractivity contribution in [2.45, 2.75) is 31.9 Å². The van der Waals surface area contributed by atoms with Crippen molar-refractivity contribution < 1.29 is 14.6 Å². The molecule has 0 spiro atoms. The van der Waals surface area contributed by atoms with Gasteiger partial charge < -0.3 is 9.84 Å². The summed E-state index contributed by atoms with van der Waals surface area (Å²) < 4.78 is 5.77. The number of hydrogen-bond acceptors (Lipinski definition) is 5. The lowest BCUT2D eigenvalue weighted by Crippen LogP contribution is -2.39. The van der Waals surface area contributed by atoms with Gasteiger partial charge in [-0.05, 0) is 30.5 Å². The monoisotopic (exact) mass is 366 g/mol. The van der Waals surface area contributed by atoms with Gasteiger partial charge in [0.25, 0.3) is 0 Å². The molecule has 0 saturated carbocycles. The maximum Gasteiger partial charge on any atom is 0.352 e. The Morgan fingerprint density at radius 1 is 1.07 bits per heavy atom. The highest BCUT2D eigenvalue weighted by atomic mass is 16.6. The summed E-state index contributed by atoms with van der Waals surface area (Å²) in [7, 11) is 0. The predicted molar refractivity (Wildman–Crippen MR) is 104 cm³/mol. The van der Waals surface area contributed by atoms with E-state index in [1.807, 2.05) is 32.1 Å². The average molecular weight is 366 g/mol. The van der Waals surface area contributed by atoms with Gasteiger partial charge in [-0.2, -0.15) is 0 Å². The Hall–Kier alpha value is -2.47. The first-order valence-electron chi connectivity index (χ1n) is 9.21. The highest BCUT2D eigenvalue weighted by Gasteiger charge is 2.42. The van der Waals surface area contributed by atoms with Gasteiger partial charge in [0.2, 0.25) is 5.60 Å². The van der Waals surface area contributed by atoms with E-state index in [1.165, 1.54) is 0 Å². The summed E-state index contributed by atoms with van der Waals surface area (Å²) in [5.41, 5.74) is -0.950. The molecule has 2 atom stereocenters. The van der Waals surface area contributed by atoms with E-state index < -0.39 is 11.6 Å². The first-order valence-corrected chi connectivity index (χ1v) is 9.21. The molecular formula is C22H26N2O3. The quantitative estimate of drug-likeness (QED) is 0.643. The lowest BCUT2D eigenvalue weighted by molar-refractivity contribution is -0.158. The molecule has 0 bridgehead atoms. The third kappa shape index (κ3) is 3.95. The Labute approximate surface area is 160 Å². The fourth-order valence-corrected chi connectivity index (χ4v) is 3.26. The Bertz CT molecular complexity index is 765. The molecular weight excluding hydrogens is 340 g/mol. The number of esters is 1. The largest absolute Gasteiger partial charge is 0.428 e. The van der Waals surface area contributed by atoms with Crippen LogP contribution in [0.5, 0.6) is 0 Å². The van der Waals surface area contributed by atoms with Crippen molar-refractivity contribution in [3.05, 3.63) is 83.6 Å². The van der Waals surface area contributed by atoms with Gasteiger partial charge in [0.05, 0.1) is 0 Å². The molecule has 3 N–H and O–H groups in total. The maximum absolute atomic E-state index is 13.2. The number of benzene rings is 2. The topological polar surface area (TPSA) is 75.8 Å². The zero-order chi connectivity index (χ0) is 19.4. The van der Waals surface area contributed by atoms with Crippen molar-refractivity contribution in [1.29, 1.82) is 0 Å². The summed E-state index contributed by atoms with van der Waals surface area (Å²) in [5, 5.41) is 13.2. The minimum Gasteiger partial charge on any atom is -0.428 e. The minimum atomic E-state index is -1.89. The molecule has 5 nitrogen and oxygen atoms in total. The number of aliphatic hydroxyl groups is 1. The molecule has 0 radical (unpaired) electrons. The van der Waals surface area contributed by atoms with E-state index in [0.29, 0.717) is 23.4 Å². The highest BCUT2D eigenvalue weighted by Crippen LogP contribution is 2.33. The average Bonchev–Trinajstić information content (AvgIpc) is 2.82. The smallest absolute Gasteiger partial charge is 0.352 e. The summed E-state index contributed by atoms with van der Waals surface area (Å²) in [4.78, 5) is 13.2. The van der Waals surface area contributed by atoms with Crippen LogP contribution in [0.15, 0.2) is 72.5 Å². The number of nitrogens with two attached hydrogens (primary N) is 1. The molecule has 1 aliphatic rings. The fourth-order valence-electron chi connectivity index (χ4n) is 3.26. The molecule has 2 unspecified atom stereocenters. The van der Waals surface area contributed by atoms with Crippen LogP contribution in [0.3, 0.4) is 0 Å². The van der Waals surface area contributed by atoms with Crippen molar-refractivity contribution >= 4 is 5.97 Å². The third-order valence-corrected chi connectivity index (χ3v) is 5.12. The normalized spacial score (nSPS) is 21.3. The van der Waals surface area contributed by atoms with Gasteiger partial charge >= 0.3 is 5.97 Å². The summed E-state index contributed by atoms with van der Waals surface area (Å²) >= 11 is 0. The molecule has 0 aromatic heterocycles. The van der Waals surface area contributed by atoms with E-state index in [0.717, 1.165) is 6.42 Å². The molecule has 1 heterocycles. The van der Waals surface area contributed by atoms with Gasteiger partial charge in [-0.25, -0.2) is 9.80 Å². The van der Waals surface area contributed by atoms with E-state index in [-0.39, 0.29) is 12.0 Å². The lowest BCUT2D eigenvalue weighted by Gasteiger charge is -2.28. The lowest BCUT2D eigenvalue weighted by atomic mass is 9.86. The molecule has 142 valence electrons. The second kappa shape index (κ2) is 8.05. The van der Waals surface area contributed by atoms with Crippen molar-refractivity contribution in [3.8, 4) is 0 Å². The van der Waals surface area contributed by atoms with Crippen LogP contribution in [-0.2, 0) is 15.1 Å². The van der Waals surface area contributed by atoms with E-state index in [4.69, 9.17) is 10.6 Å². The van der Waals surface area contributed by atoms with Crippen LogP contribution in [0, 0.1) is 5.92 Å². The van der Waals surface area contributed by atoms with Gasteiger partial charge in [-0.1, -0.05) is 67.6 Å². The Balaban J connectivity index is 1.98. The van der Waals surface area contributed by atoms with Crippen molar-refractivity contribution in [2.24, 2.45) is 11.8 Å². The summed E-state index contributed by atoms with van der Waals surface area (Å²) in [6.45, 7) is 4.66. The first kappa shape index (κ1) is 19.3. The molecule has 2 aromatic rings. The Kier molecular flexibility index (Phi) is 5.75. The number of carbonyl (C=O) groups is 1. The van der Waals surface area contributed by atoms with Gasteiger partial charge in [-0.3, -0.25) is 5.84 Å². The van der Waals surface area contributed by atoms with Crippen LogP contribution in [0.1, 0.15) is 31.4 Å². The van der Waals surface area contributed by atoms with E-state index in [1.54, 1.807) is 53.5 Å². The second-order valence-corrected chi connectivity index (χ2v) is 7.07. The van der Waals surface area contributed by atoms with Crippen LogP contribution in [0.2, 0.25) is 0 Å². The minimum absolute atomic E-state index is 0.0285. The Morgan fingerprint density at radius 2 is 1.59 bits per heavy atom. The number of rotatable bonds is 4. The molecule has 27 heavy (non-hydrogen) atoms. The zero-order valence-corrected chi connectivity index (χ0v) is 15.7. The third-order valence-electron chi connectivity index (χ3n) is 5.12. The molecule has 5 heteroatoms. The summed E-state index contributed by atoms with van der Waals surface area (Å²) in [6.07, 6.45) is 2.63. The number of carbonyl (C=O) groups excluding carboxylic acids is 1. The predicted octanol–water partition coefficient (Wildman–Crippen LogP) is 2.95. The number of allylic oxidation sites excluding steroid dienone is 1. The number of hydrogen-bond donors (Lipinski definition) is 2. The maximum atomic E-state index is 13.2. The number of ether oxygens (including phenoxy) is 1. The molecule has 3 rings (SSSR count). The van der Waals surface area contributed by atoms with Crippen molar-refractivity contribution in [3.63, 3.8) is 0 Å². The number of hydrazine groups is 1. The fraction of sp³-hybridized carbons (Fsp3) is 0.318. The van der Waals surface area contributed by atoms with Gasteiger partial charge in [0, 0.05) is 18.5 Å². The number of nitrogens with zero attached hydrogens (tertiary/aromatic N) is 1. The molecule has 0 amide bonds. The van der Waals surface area contributed by atoms with E-state index >= 15 is 0 Å². The van der Waals surface area contributed by atoms with Crippen molar-refractivity contribution in [1.82, 2.24) is 5.01 Å². The van der Waals surface area contributed by atoms with Crippen molar-refractivity contribution in [2.75, 3.05) is 6.54 Å². The Morgan fingerprint density at radius 3 is 2.11 bits per heavy atom. The van der Waals surface area contributed by atoms with Gasteiger partial charge in [-0.15, -0.1) is 0 Å². The zero-order valence-electron chi connectivity index (χ0n) is 15.7. The van der Waals surface area contributed by atoms with Gasteiger partial charge in [0.15, 0.2) is 0 Å². The van der Waals surface area contributed by atoms with E-state index in [2.05, 4.69) is 0 Å². The molecule has 0 fully saturated rings.